The number of hydrogen-bond donors (Lipinski definition) is 2. The number of hydrogen-bond acceptors (Lipinski definition) is 3. The van der Waals surface area contributed by atoms with E-state index in [1.807, 2.05) is 43.5 Å². The number of rotatable bonds is 4. The van der Waals surface area contributed by atoms with Gasteiger partial charge < -0.3 is 19.6 Å². The molecule has 1 aromatic heterocycles. The number of carbonyl (C=O) groups is 1. The first-order chi connectivity index (χ1) is 9.43. The first-order valence-corrected chi connectivity index (χ1v) is 6.93. The van der Waals surface area contributed by atoms with E-state index in [-0.39, 0.29) is 18.0 Å². The highest BCUT2D eigenvalue weighted by Gasteiger charge is 2.19. The van der Waals surface area contributed by atoms with E-state index in [9.17, 15) is 4.79 Å². The van der Waals surface area contributed by atoms with Gasteiger partial charge in [0, 0.05) is 12.1 Å². The number of benzene rings is 1. The van der Waals surface area contributed by atoms with Crippen molar-refractivity contribution in [1.29, 1.82) is 0 Å². The van der Waals surface area contributed by atoms with E-state index in [0.29, 0.717) is 4.77 Å². The molecule has 1 amide bonds. The van der Waals surface area contributed by atoms with Crippen LogP contribution in [0, 0.1) is 4.77 Å². The fraction of sp³-hybridized carbons (Fsp3) is 0.429. The monoisotopic (exact) mass is 293 g/mol. The van der Waals surface area contributed by atoms with Gasteiger partial charge in [0.1, 0.15) is 11.8 Å². The van der Waals surface area contributed by atoms with Crippen LogP contribution in [-0.4, -0.2) is 28.6 Å². The summed E-state index contributed by atoms with van der Waals surface area (Å²) in [6.07, 6.45) is 0. The molecule has 0 aliphatic carbocycles. The number of fused-ring (bicyclic) bond motifs is 1. The van der Waals surface area contributed by atoms with Crippen LogP contribution in [0.5, 0.6) is 5.75 Å². The van der Waals surface area contributed by atoms with Gasteiger partial charge >= 0.3 is 0 Å². The largest absolute Gasteiger partial charge is 0.497 e. The van der Waals surface area contributed by atoms with Gasteiger partial charge in [-0.2, -0.15) is 0 Å². The molecule has 108 valence electrons. The predicted octanol–water partition coefficient (Wildman–Crippen LogP) is 2.79. The van der Waals surface area contributed by atoms with Crippen LogP contribution in [0.1, 0.15) is 26.8 Å². The molecular weight excluding hydrogens is 274 g/mol. The van der Waals surface area contributed by atoms with Crippen LogP contribution >= 0.6 is 12.2 Å². The summed E-state index contributed by atoms with van der Waals surface area (Å²) in [5.41, 5.74) is 1.75. The molecule has 2 rings (SSSR count). The summed E-state index contributed by atoms with van der Waals surface area (Å²) in [5, 5.41) is 2.90. The second kappa shape index (κ2) is 5.66. The van der Waals surface area contributed by atoms with Gasteiger partial charge in [0.15, 0.2) is 4.77 Å². The Morgan fingerprint density at radius 3 is 2.70 bits per heavy atom. The summed E-state index contributed by atoms with van der Waals surface area (Å²) < 4.78 is 7.57. The number of ether oxygens (including phenoxy) is 1. The van der Waals surface area contributed by atoms with Crippen LogP contribution in [0.2, 0.25) is 0 Å². The Balaban J connectivity index is 2.49. The maximum atomic E-state index is 12.2. The van der Waals surface area contributed by atoms with E-state index in [0.717, 1.165) is 16.8 Å². The van der Waals surface area contributed by atoms with E-state index in [1.165, 1.54) is 0 Å². The van der Waals surface area contributed by atoms with Crippen molar-refractivity contribution in [2.75, 3.05) is 7.11 Å². The molecule has 0 aliphatic heterocycles. The molecule has 0 bridgehead atoms. The molecule has 1 unspecified atom stereocenters. The molecule has 2 aromatic rings. The summed E-state index contributed by atoms with van der Waals surface area (Å²) >= 11 is 5.33. The number of imidazole rings is 1. The molecule has 0 saturated carbocycles. The van der Waals surface area contributed by atoms with Crippen LogP contribution < -0.4 is 10.1 Å². The fourth-order valence-corrected chi connectivity index (χ4v) is 2.50. The molecule has 1 aromatic carbocycles. The Bertz CT molecular complexity index is 687. The third kappa shape index (κ3) is 2.70. The standard InChI is InChI=1S/C14H19N3O2S/c1-8(2)15-13(18)9(3)17-12-7-10(19-4)5-6-11(12)16-14(17)20/h5-9H,1-4H3,(H,15,18)(H,16,20). The Kier molecular flexibility index (Phi) is 4.13. The summed E-state index contributed by atoms with van der Waals surface area (Å²) in [5.74, 6) is 0.677. The molecule has 0 radical (unpaired) electrons. The number of aromatic nitrogens is 2. The maximum Gasteiger partial charge on any atom is 0.243 e. The Hall–Kier alpha value is -1.82. The minimum Gasteiger partial charge on any atom is -0.497 e. The van der Waals surface area contributed by atoms with Crippen molar-refractivity contribution in [3.63, 3.8) is 0 Å². The molecular formula is C14H19N3O2S. The molecule has 1 heterocycles. The first kappa shape index (κ1) is 14.6. The number of nitrogens with one attached hydrogen (secondary N) is 2. The van der Waals surface area contributed by atoms with Gasteiger partial charge in [-0.25, -0.2) is 0 Å². The Morgan fingerprint density at radius 2 is 2.10 bits per heavy atom. The summed E-state index contributed by atoms with van der Waals surface area (Å²) in [6.45, 7) is 5.70. The molecule has 5 nitrogen and oxygen atoms in total. The zero-order valence-corrected chi connectivity index (χ0v) is 12.9. The van der Waals surface area contributed by atoms with Crippen LogP contribution in [0.15, 0.2) is 18.2 Å². The normalized spacial score (nSPS) is 12.7. The zero-order chi connectivity index (χ0) is 14.9. The first-order valence-electron chi connectivity index (χ1n) is 6.52. The van der Waals surface area contributed by atoms with Crippen LogP contribution in [0.3, 0.4) is 0 Å². The third-order valence-corrected chi connectivity index (χ3v) is 3.42. The number of aromatic amines is 1. The van der Waals surface area contributed by atoms with Gasteiger partial charge in [-0.05, 0) is 45.1 Å². The average Bonchev–Trinajstić information content (AvgIpc) is 2.71. The van der Waals surface area contributed by atoms with E-state index in [2.05, 4.69) is 10.3 Å². The zero-order valence-electron chi connectivity index (χ0n) is 12.1. The van der Waals surface area contributed by atoms with E-state index in [1.54, 1.807) is 7.11 Å². The van der Waals surface area contributed by atoms with Gasteiger partial charge in [-0.3, -0.25) is 4.79 Å². The van der Waals surface area contributed by atoms with Crippen molar-refractivity contribution < 1.29 is 9.53 Å². The van der Waals surface area contributed by atoms with E-state index in [4.69, 9.17) is 17.0 Å². The quantitative estimate of drug-likeness (QED) is 0.852. The van der Waals surface area contributed by atoms with Crippen molar-refractivity contribution in [1.82, 2.24) is 14.9 Å². The maximum absolute atomic E-state index is 12.2. The van der Waals surface area contributed by atoms with Gasteiger partial charge in [0.25, 0.3) is 0 Å². The Morgan fingerprint density at radius 1 is 1.40 bits per heavy atom. The number of nitrogens with zero attached hydrogens (tertiary/aromatic N) is 1. The molecule has 0 spiro atoms. The van der Waals surface area contributed by atoms with E-state index >= 15 is 0 Å². The van der Waals surface area contributed by atoms with Crippen molar-refractivity contribution in [3.8, 4) is 5.75 Å². The van der Waals surface area contributed by atoms with Gasteiger partial charge in [-0.15, -0.1) is 0 Å². The van der Waals surface area contributed by atoms with Crippen molar-refractivity contribution in [3.05, 3.63) is 23.0 Å². The number of carbonyl (C=O) groups excluding carboxylic acids is 1. The topological polar surface area (TPSA) is 59.0 Å². The molecule has 0 saturated heterocycles. The fourth-order valence-electron chi connectivity index (χ4n) is 2.14. The molecule has 0 aliphatic rings. The highest BCUT2D eigenvalue weighted by molar-refractivity contribution is 7.71. The Labute approximate surface area is 122 Å². The van der Waals surface area contributed by atoms with E-state index < -0.39 is 0 Å². The number of H-pyrrole nitrogens is 1. The SMILES string of the molecule is COc1ccc2[nH]c(=S)n(C(C)C(=O)NC(C)C)c2c1. The van der Waals surface area contributed by atoms with Gasteiger partial charge in [0.2, 0.25) is 5.91 Å². The molecule has 0 fully saturated rings. The highest BCUT2D eigenvalue weighted by Crippen LogP contribution is 2.23. The second-order valence-corrected chi connectivity index (χ2v) is 5.41. The molecule has 1 atom stereocenters. The molecule has 2 N–H and O–H groups in total. The lowest BCUT2D eigenvalue weighted by Gasteiger charge is -2.16. The smallest absolute Gasteiger partial charge is 0.243 e. The summed E-state index contributed by atoms with van der Waals surface area (Å²) in [4.78, 5) is 15.3. The predicted molar refractivity (Wildman–Crippen MR) is 81.7 cm³/mol. The van der Waals surface area contributed by atoms with Crippen molar-refractivity contribution in [2.45, 2.75) is 32.9 Å². The number of methoxy groups -OCH3 is 1. The highest BCUT2D eigenvalue weighted by atomic mass is 32.1. The summed E-state index contributed by atoms with van der Waals surface area (Å²) in [6, 6.07) is 5.34. The van der Waals surface area contributed by atoms with Crippen LogP contribution in [-0.2, 0) is 4.79 Å². The van der Waals surface area contributed by atoms with Gasteiger partial charge in [-0.1, -0.05) is 0 Å². The minimum absolute atomic E-state index is 0.0557. The molecule has 20 heavy (non-hydrogen) atoms. The summed E-state index contributed by atoms with van der Waals surface area (Å²) in [7, 11) is 1.61. The van der Waals surface area contributed by atoms with Crippen LogP contribution in [0.25, 0.3) is 11.0 Å². The third-order valence-electron chi connectivity index (χ3n) is 3.12. The van der Waals surface area contributed by atoms with Crippen molar-refractivity contribution >= 4 is 29.2 Å². The average molecular weight is 293 g/mol. The minimum atomic E-state index is -0.384. The lowest BCUT2D eigenvalue weighted by atomic mass is 10.2. The second-order valence-electron chi connectivity index (χ2n) is 5.02. The number of amides is 1. The molecule has 6 heteroatoms. The lowest BCUT2D eigenvalue weighted by Crippen LogP contribution is -2.35. The lowest BCUT2D eigenvalue weighted by molar-refractivity contribution is -0.124. The van der Waals surface area contributed by atoms with Crippen molar-refractivity contribution in [2.24, 2.45) is 0 Å². The van der Waals surface area contributed by atoms with Crippen LogP contribution in [0.4, 0.5) is 0 Å². The van der Waals surface area contributed by atoms with Gasteiger partial charge in [0.05, 0.1) is 18.1 Å².